The number of alkyl carbamates (subject to hydrolysis) is 1. The Labute approximate surface area is 303 Å². The average molecular weight is 747 g/mol. The van der Waals surface area contributed by atoms with Crippen molar-refractivity contribution >= 4 is 33.8 Å². The molecular formula is C37H48F2N4O8S. The van der Waals surface area contributed by atoms with Gasteiger partial charge in [-0.3, -0.25) is 19.1 Å². The van der Waals surface area contributed by atoms with E-state index < -0.39 is 92.1 Å². The summed E-state index contributed by atoms with van der Waals surface area (Å²) in [6.07, 6.45) is -3.88. The Kier molecular flexibility index (Phi) is 10.6. The molecule has 3 fully saturated rings. The average Bonchev–Trinajstić information content (AvgIpc) is 3.99. The van der Waals surface area contributed by atoms with Crippen LogP contribution in [-0.2, 0) is 39.5 Å². The Morgan fingerprint density at radius 2 is 1.50 bits per heavy atom. The summed E-state index contributed by atoms with van der Waals surface area (Å²) < 4.78 is 66.9. The fourth-order valence-electron chi connectivity index (χ4n) is 6.69. The van der Waals surface area contributed by atoms with Crippen LogP contribution >= 0.6 is 0 Å². The molecule has 12 nitrogen and oxygen atoms in total. The van der Waals surface area contributed by atoms with Crippen LogP contribution in [0.3, 0.4) is 0 Å². The molecule has 0 radical (unpaired) electrons. The number of nitrogens with zero attached hydrogens (tertiary/aromatic N) is 1. The third-order valence-electron chi connectivity index (χ3n) is 9.86. The minimum Gasteiger partial charge on any atom is -0.444 e. The van der Waals surface area contributed by atoms with Crippen LogP contribution in [0.25, 0.3) is 11.1 Å². The molecule has 2 aliphatic carbocycles. The van der Waals surface area contributed by atoms with Gasteiger partial charge >= 0.3 is 6.09 Å². The van der Waals surface area contributed by atoms with E-state index in [0.717, 1.165) is 11.1 Å². The molecule has 0 bridgehead atoms. The Bertz CT molecular complexity index is 1790. The number of hydrogen-bond acceptors (Lipinski definition) is 8. The molecule has 2 unspecified atom stereocenters. The molecule has 3 aliphatic rings. The monoisotopic (exact) mass is 746 g/mol. The molecule has 1 aliphatic heterocycles. The van der Waals surface area contributed by atoms with Crippen LogP contribution in [-0.4, -0.2) is 85.7 Å². The molecule has 1 saturated heterocycles. The molecule has 52 heavy (non-hydrogen) atoms. The van der Waals surface area contributed by atoms with Crippen molar-refractivity contribution in [1.29, 1.82) is 0 Å². The number of nitrogens with one attached hydrogen (secondary N) is 3. The third-order valence-corrected chi connectivity index (χ3v) is 11.7. The molecule has 3 N–H and O–H groups in total. The Morgan fingerprint density at radius 3 is 2.00 bits per heavy atom. The van der Waals surface area contributed by atoms with Crippen LogP contribution < -0.4 is 15.4 Å². The van der Waals surface area contributed by atoms with Gasteiger partial charge < -0.3 is 25.0 Å². The molecule has 5 rings (SSSR count). The highest BCUT2D eigenvalue weighted by Crippen LogP contribution is 2.49. The first-order valence-corrected chi connectivity index (χ1v) is 18.8. The highest BCUT2D eigenvalue weighted by atomic mass is 32.2. The number of benzene rings is 2. The minimum absolute atomic E-state index is 0.146. The van der Waals surface area contributed by atoms with Gasteiger partial charge in [-0.1, -0.05) is 75.4 Å². The molecule has 2 aromatic carbocycles. The van der Waals surface area contributed by atoms with Gasteiger partial charge in [0.2, 0.25) is 28.3 Å². The maximum atomic E-state index is 14.6. The van der Waals surface area contributed by atoms with E-state index in [1.165, 1.54) is 12.0 Å². The highest BCUT2D eigenvalue weighted by Gasteiger charge is 2.67. The summed E-state index contributed by atoms with van der Waals surface area (Å²) in [5.41, 5.74) is -2.78. The largest absolute Gasteiger partial charge is 0.444 e. The Balaban J connectivity index is 1.51. The summed E-state index contributed by atoms with van der Waals surface area (Å²) in [5.74, 6) is -4.51. The van der Waals surface area contributed by atoms with Gasteiger partial charge in [-0.05, 0) is 62.1 Å². The quantitative estimate of drug-likeness (QED) is 0.304. The normalized spacial score (nSPS) is 25.3. The molecule has 0 aromatic heterocycles. The smallest absolute Gasteiger partial charge is 0.408 e. The zero-order valence-electron chi connectivity index (χ0n) is 30.5. The van der Waals surface area contributed by atoms with Gasteiger partial charge in [-0.25, -0.2) is 22.0 Å². The van der Waals surface area contributed by atoms with Crippen molar-refractivity contribution in [2.75, 3.05) is 13.7 Å². The van der Waals surface area contributed by atoms with E-state index >= 15 is 0 Å². The number of methoxy groups -OCH3 is 1. The lowest BCUT2D eigenvalue weighted by atomic mass is 9.85. The number of carbonyl (C=O) groups is 4. The van der Waals surface area contributed by atoms with E-state index in [1.54, 1.807) is 41.5 Å². The number of alkyl halides is 2. The molecule has 284 valence electrons. The second kappa shape index (κ2) is 14.0. The van der Waals surface area contributed by atoms with Crippen molar-refractivity contribution in [2.24, 2.45) is 11.3 Å². The maximum absolute atomic E-state index is 14.6. The maximum Gasteiger partial charge on any atom is 0.408 e. The fraction of sp³-hybridized carbons (Fsp3) is 0.568. The third kappa shape index (κ3) is 8.25. The van der Waals surface area contributed by atoms with E-state index in [-0.39, 0.29) is 13.0 Å². The summed E-state index contributed by atoms with van der Waals surface area (Å²) >= 11 is 0. The van der Waals surface area contributed by atoms with Crippen molar-refractivity contribution in [3.63, 3.8) is 0 Å². The van der Waals surface area contributed by atoms with Gasteiger partial charge in [0.1, 0.15) is 28.8 Å². The number of rotatable bonds is 11. The molecular weight excluding hydrogens is 698 g/mol. The van der Waals surface area contributed by atoms with Crippen LogP contribution in [0.4, 0.5) is 13.6 Å². The summed E-state index contributed by atoms with van der Waals surface area (Å²) in [7, 11) is -2.69. The molecule has 2 saturated carbocycles. The van der Waals surface area contributed by atoms with Gasteiger partial charge in [0.25, 0.3) is 5.91 Å². The van der Waals surface area contributed by atoms with E-state index in [1.807, 2.05) is 59.3 Å². The highest BCUT2D eigenvalue weighted by molar-refractivity contribution is 7.91. The lowest BCUT2D eigenvalue weighted by Gasteiger charge is -2.36. The summed E-state index contributed by atoms with van der Waals surface area (Å²) in [4.78, 5) is 56.5. The summed E-state index contributed by atoms with van der Waals surface area (Å²) in [6, 6.07) is 14.4. The second-order valence-electron chi connectivity index (χ2n) is 16.1. The first-order chi connectivity index (χ1) is 24.1. The number of ether oxygens (including phenoxy) is 2. The number of carbonyl (C=O) groups excluding carboxylic acids is 4. The van der Waals surface area contributed by atoms with Crippen molar-refractivity contribution < 1.29 is 45.9 Å². The molecule has 1 heterocycles. The van der Waals surface area contributed by atoms with Crippen LogP contribution in [0.15, 0.2) is 54.6 Å². The fourth-order valence-corrected chi connectivity index (χ4v) is 8.05. The first-order valence-electron chi connectivity index (χ1n) is 17.3. The number of likely N-dealkylation sites (tertiary alicyclic amines) is 1. The van der Waals surface area contributed by atoms with Crippen LogP contribution in [0, 0.1) is 11.3 Å². The topological polar surface area (TPSA) is 160 Å². The molecule has 15 heteroatoms. The Hall–Kier alpha value is -4.11. The van der Waals surface area contributed by atoms with Gasteiger partial charge in [-0.2, -0.15) is 0 Å². The standard InChI is InChI=1S/C37H48F2N4O8S/c1-34(2,3)28(40-33(47)51-35(4,5)6)31(45)43-21-36(50-7,24-15-13-23(14-16-24)22-11-9-8-10-12-22)20-27(43)30(44)41-37(19-26(37)29(38)39)32(46)42-52(48,49)25-17-18-25/h8-16,25-29H,17-21H2,1-7H3,(H,40,47)(H,41,44)(H,42,46)/t26?,27?,28-,36+,37+/m1/s1. The van der Waals surface area contributed by atoms with Crippen molar-refractivity contribution in [2.45, 2.75) is 108 Å². The summed E-state index contributed by atoms with van der Waals surface area (Å²) in [5, 5.41) is 4.29. The van der Waals surface area contributed by atoms with E-state index in [0.29, 0.717) is 18.4 Å². The van der Waals surface area contributed by atoms with Crippen LogP contribution in [0.2, 0.25) is 0 Å². The minimum atomic E-state index is -4.12. The first kappa shape index (κ1) is 39.1. The summed E-state index contributed by atoms with van der Waals surface area (Å²) in [6.45, 7) is 10.0. The number of hydrogen-bond donors (Lipinski definition) is 3. The SMILES string of the molecule is CO[C@@]1(c2ccc(-c3ccccc3)cc2)CC(C(=O)N[C@@]2(C(=O)NS(=O)(=O)C3CC3)CC2C(F)F)N(C(=O)[C@@H](NC(=O)OC(C)(C)C)C(C)(C)C)C1. The number of amides is 4. The lowest BCUT2D eigenvalue weighted by molar-refractivity contribution is -0.143. The molecule has 0 spiro atoms. The number of halogens is 2. The predicted octanol–water partition coefficient (Wildman–Crippen LogP) is 4.48. The van der Waals surface area contributed by atoms with Crippen molar-refractivity contribution in [1.82, 2.24) is 20.3 Å². The molecule has 5 atom stereocenters. The van der Waals surface area contributed by atoms with Gasteiger partial charge in [0.05, 0.1) is 17.7 Å². The molecule has 2 aromatic rings. The van der Waals surface area contributed by atoms with E-state index in [2.05, 4.69) is 10.6 Å². The van der Waals surface area contributed by atoms with E-state index in [4.69, 9.17) is 9.47 Å². The van der Waals surface area contributed by atoms with Crippen molar-refractivity contribution in [3.8, 4) is 11.1 Å². The van der Waals surface area contributed by atoms with Gasteiger partial charge in [0, 0.05) is 13.5 Å². The molecule has 4 amide bonds. The lowest BCUT2D eigenvalue weighted by Crippen LogP contribution is -2.60. The zero-order valence-corrected chi connectivity index (χ0v) is 31.3. The predicted molar refractivity (Wildman–Crippen MR) is 188 cm³/mol. The van der Waals surface area contributed by atoms with Gasteiger partial charge in [-0.15, -0.1) is 0 Å². The number of sulfonamides is 1. The van der Waals surface area contributed by atoms with Crippen LogP contribution in [0.1, 0.15) is 72.8 Å². The van der Waals surface area contributed by atoms with E-state index in [9.17, 15) is 36.4 Å². The second-order valence-corrected chi connectivity index (χ2v) is 18.0. The Morgan fingerprint density at radius 1 is 0.904 bits per heavy atom. The zero-order chi connectivity index (χ0) is 38.4. The van der Waals surface area contributed by atoms with Crippen LogP contribution in [0.5, 0.6) is 0 Å². The van der Waals surface area contributed by atoms with Crippen molar-refractivity contribution in [3.05, 3.63) is 60.2 Å². The van der Waals surface area contributed by atoms with Gasteiger partial charge in [0.15, 0.2) is 0 Å².